The summed E-state index contributed by atoms with van der Waals surface area (Å²) in [4.78, 5) is 13.5. The molecule has 0 spiro atoms. The maximum absolute atomic E-state index is 13.5. The third-order valence-corrected chi connectivity index (χ3v) is 6.53. The van der Waals surface area contributed by atoms with Gasteiger partial charge in [0, 0.05) is 33.3 Å². The van der Waals surface area contributed by atoms with Crippen LogP contribution >= 0.6 is 23.2 Å². The van der Waals surface area contributed by atoms with Crippen LogP contribution in [0.2, 0.25) is 10.0 Å². The van der Waals surface area contributed by atoms with Gasteiger partial charge in [-0.2, -0.15) is 0 Å². The van der Waals surface area contributed by atoms with Crippen LogP contribution in [-0.2, 0) is 4.79 Å². The average molecular weight is 435 g/mol. The molecule has 0 saturated heterocycles. The maximum atomic E-state index is 13.5. The summed E-state index contributed by atoms with van der Waals surface area (Å²) < 4.78 is 0. The summed E-state index contributed by atoms with van der Waals surface area (Å²) in [6.45, 7) is 0. The van der Waals surface area contributed by atoms with E-state index < -0.39 is 6.04 Å². The molecular weight excluding hydrogens is 415 g/mol. The van der Waals surface area contributed by atoms with E-state index in [-0.39, 0.29) is 11.7 Å². The zero-order valence-electron chi connectivity index (χ0n) is 16.2. The molecule has 3 nitrogen and oxygen atoms in total. The topological polar surface area (TPSA) is 41.1 Å². The molecule has 0 bridgehead atoms. The first kappa shape index (κ1) is 19.2. The standard InChI is InChI=1S/C25H20Cl2N2O/c26-17-9-6-10-18(27)23(17)25-24-21(28-19-11-4-5-12-20(19)29-25)13-16(14-22(24)30)15-7-2-1-3-8-15/h1-12,16,25,28-29H,13-14H2/t16-,25+/m0/s1. The van der Waals surface area contributed by atoms with Crippen molar-refractivity contribution in [1.82, 2.24) is 0 Å². The molecule has 3 aromatic rings. The lowest BCUT2D eigenvalue weighted by Crippen LogP contribution is -2.27. The summed E-state index contributed by atoms with van der Waals surface area (Å²) >= 11 is 13.1. The van der Waals surface area contributed by atoms with Crippen molar-refractivity contribution in [3.05, 3.63) is 105 Å². The van der Waals surface area contributed by atoms with Gasteiger partial charge < -0.3 is 10.6 Å². The van der Waals surface area contributed by atoms with E-state index in [0.29, 0.717) is 22.0 Å². The van der Waals surface area contributed by atoms with Crippen molar-refractivity contribution in [2.75, 3.05) is 10.6 Å². The number of hydrogen-bond acceptors (Lipinski definition) is 3. The van der Waals surface area contributed by atoms with Gasteiger partial charge in [-0.25, -0.2) is 0 Å². The van der Waals surface area contributed by atoms with E-state index in [1.807, 2.05) is 60.7 Å². The molecule has 0 amide bonds. The fourth-order valence-corrected chi connectivity index (χ4v) is 5.07. The van der Waals surface area contributed by atoms with E-state index in [0.717, 1.165) is 29.1 Å². The maximum Gasteiger partial charge on any atom is 0.163 e. The second kappa shape index (κ2) is 7.82. The number of carbonyl (C=O) groups is 1. The van der Waals surface area contributed by atoms with Crippen LogP contribution in [0.1, 0.15) is 35.9 Å². The van der Waals surface area contributed by atoms with E-state index in [9.17, 15) is 4.79 Å². The number of nitrogens with one attached hydrogen (secondary N) is 2. The van der Waals surface area contributed by atoms with Gasteiger partial charge in [0.1, 0.15) is 0 Å². The largest absolute Gasteiger partial charge is 0.372 e. The second-order valence-corrected chi connectivity index (χ2v) is 8.53. The molecule has 1 aliphatic carbocycles. The van der Waals surface area contributed by atoms with Crippen LogP contribution in [0.3, 0.4) is 0 Å². The number of allylic oxidation sites excluding steroid dienone is 1. The van der Waals surface area contributed by atoms with E-state index >= 15 is 0 Å². The van der Waals surface area contributed by atoms with Gasteiger partial charge in [-0.3, -0.25) is 4.79 Å². The lowest BCUT2D eigenvalue weighted by atomic mass is 9.78. The Kier molecular flexibility index (Phi) is 5.01. The van der Waals surface area contributed by atoms with Gasteiger partial charge >= 0.3 is 0 Å². The lowest BCUT2D eigenvalue weighted by Gasteiger charge is -2.30. The van der Waals surface area contributed by atoms with Crippen molar-refractivity contribution < 1.29 is 4.79 Å². The minimum Gasteiger partial charge on any atom is -0.372 e. The summed E-state index contributed by atoms with van der Waals surface area (Å²) in [6, 6.07) is 23.2. The molecule has 0 fully saturated rings. The Balaban J connectivity index is 1.66. The zero-order valence-corrected chi connectivity index (χ0v) is 17.7. The fraction of sp³-hybridized carbons (Fsp3) is 0.160. The normalized spacial score (nSPS) is 20.5. The number of hydrogen-bond donors (Lipinski definition) is 2. The van der Waals surface area contributed by atoms with Gasteiger partial charge in [-0.15, -0.1) is 0 Å². The van der Waals surface area contributed by atoms with Gasteiger partial charge in [0.15, 0.2) is 5.78 Å². The van der Waals surface area contributed by atoms with E-state index in [2.05, 4.69) is 22.8 Å². The Bertz CT molecular complexity index is 1140. The molecule has 2 aliphatic rings. The Morgan fingerprint density at radius 3 is 2.17 bits per heavy atom. The Morgan fingerprint density at radius 2 is 1.43 bits per heavy atom. The van der Waals surface area contributed by atoms with Crippen LogP contribution in [-0.4, -0.2) is 5.78 Å². The Labute approximate surface area is 185 Å². The highest BCUT2D eigenvalue weighted by Crippen LogP contribution is 2.46. The van der Waals surface area contributed by atoms with Crippen molar-refractivity contribution in [3.63, 3.8) is 0 Å². The number of halogens is 2. The highest BCUT2D eigenvalue weighted by atomic mass is 35.5. The Morgan fingerprint density at radius 1 is 0.767 bits per heavy atom. The minimum absolute atomic E-state index is 0.110. The molecule has 30 heavy (non-hydrogen) atoms. The first-order valence-electron chi connectivity index (χ1n) is 9.99. The van der Waals surface area contributed by atoms with E-state index in [1.165, 1.54) is 5.56 Å². The summed E-state index contributed by atoms with van der Waals surface area (Å²) in [5.41, 5.74) is 5.41. The van der Waals surface area contributed by atoms with Crippen LogP contribution < -0.4 is 10.6 Å². The number of rotatable bonds is 2. The van der Waals surface area contributed by atoms with Gasteiger partial charge in [-0.05, 0) is 42.2 Å². The quantitative estimate of drug-likeness (QED) is 0.457. The number of carbonyl (C=O) groups excluding carboxylic acids is 1. The molecule has 0 radical (unpaired) electrons. The van der Waals surface area contributed by atoms with Crippen molar-refractivity contribution in [2.24, 2.45) is 0 Å². The molecule has 5 rings (SSSR count). The third-order valence-electron chi connectivity index (χ3n) is 5.87. The predicted octanol–water partition coefficient (Wildman–Crippen LogP) is 6.97. The summed E-state index contributed by atoms with van der Waals surface area (Å²) in [5.74, 6) is 0.247. The number of Topliss-reactive ketones (excluding diaryl/α,β-unsaturated/α-hetero) is 1. The number of fused-ring (bicyclic) bond motifs is 1. The molecule has 3 aromatic carbocycles. The minimum atomic E-state index is -0.415. The van der Waals surface area contributed by atoms with E-state index in [1.54, 1.807) is 0 Å². The summed E-state index contributed by atoms with van der Waals surface area (Å²) in [6.07, 6.45) is 1.21. The molecule has 0 aromatic heterocycles. The van der Waals surface area contributed by atoms with Crippen LogP contribution in [0.5, 0.6) is 0 Å². The molecule has 2 N–H and O–H groups in total. The van der Waals surface area contributed by atoms with Crippen LogP contribution in [0.25, 0.3) is 0 Å². The van der Waals surface area contributed by atoms with Crippen LogP contribution in [0, 0.1) is 0 Å². The van der Waals surface area contributed by atoms with Gasteiger partial charge in [0.25, 0.3) is 0 Å². The molecule has 150 valence electrons. The molecule has 2 atom stereocenters. The first-order chi connectivity index (χ1) is 14.6. The van der Waals surface area contributed by atoms with Crippen LogP contribution in [0.4, 0.5) is 11.4 Å². The van der Waals surface area contributed by atoms with Crippen LogP contribution in [0.15, 0.2) is 84.1 Å². The first-order valence-corrected chi connectivity index (χ1v) is 10.7. The lowest BCUT2D eigenvalue weighted by molar-refractivity contribution is -0.116. The predicted molar refractivity (Wildman–Crippen MR) is 123 cm³/mol. The molecule has 0 saturated carbocycles. The van der Waals surface area contributed by atoms with Crippen molar-refractivity contribution in [2.45, 2.75) is 24.8 Å². The third kappa shape index (κ3) is 3.38. The van der Waals surface area contributed by atoms with Crippen molar-refractivity contribution >= 4 is 40.4 Å². The number of benzene rings is 3. The SMILES string of the molecule is O=C1C[C@@H](c2ccccc2)CC2=C1[C@@H](c1c(Cl)cccc1Cl)Nc1ccccc1N2. The second-order valence-electron chi connectivity index (χ2n) is 7.71. The summed E-state index contributed by atoms with van der Waals surface area (Å²) in [7, 11) is 0. The highest BCUT2D eigenvalue weighted by Gasteiger charge is 2.37. The molecule has 1 aliphatic heterocycles. The number of anilines is 2. The zero-order chi connectivity index (χ0) is 20.7. The van der Waals surface area contributed by atoms with Gasteiger partial charge in [0.05, 0.1) is 17.4 Å². The average Bonchev–Trinajstić information content (AvgIpc) is 2.91. The number of ketones is 1. The van der Waals surface area contributed by atoms with Crippen molar-refractivity contribution in [1.29, 1.82) is 0 Å². The molecule has 5 heteroatoms. The van der Waals surface area contributed by atoms with Crippen molar-refractivity contribution in [3.8, 4) is 0 Å². The molecule has 1 heterocycles. The smallest absolute Gasteiger partial charge is 0.163 e. The highest BCUT2D eigenvalue weighted by molar-refractivity contribution is 6.36. The van der Waals surface area contributed by atoms with Gasteiger partial charge in [-0.1, -0.05) is 71.7 Å². The molecule has 0 unspecified atom stereocenters. The van der Waals surface area contributed by atoms with E-state index in [4.69, 9.17) is 23.2 Å². The van der Waals surface area contributed by atoms with Gasteiger partial charge in [0.2, 0.25) is 0 Å². The summed E-state index contributed by atoms with van der Waals surface area (Å²) in [5, 5.41) is 8.16. The molecular formula is C25H20Cl2N2O. The monoisotopic (exact) mass is 434 g/mol. The Hall–Kier alpha value is -2.75. The fourth-order valence-electron chi connectivity index (χ4n) is 4.46. The number of para-hydroxylation sites is 2.